The van der Waals surface area contributed by atoms with Crippen LogP contribution in [0.1, 0.15) is 16.1 Å². The molecule has 19 heavy (non-hydrogen) atoms. The van der Waals surface area contributed by atoms with Crippen molar-refractivity contribution >= 4 is 23.2 Å². The molecule has 2 aromatic rings. The minimum atomic E-state index is -0.337. The molecule has 0 fully saturated rings. The van der Waals surface area contributed by atoms with Crippen LogP contribution in [0.4, 0.5) is 0 Å². The Hall–Kier alpha value is -2.21. The quantitative estimate of drug-likeness (QED) is 0.861. The highest BCUT2D eigenvalue weighted by Crippen LogP contribution is 2.00. The second-order valence-electron chi connectivity index (χ2n) is 3.82. The third kappa shape index (κ3) is 4.18. The van der Waals surface area contributed by atoms with Crippen LogP contribution < -0.4 is 10.6 Å². The number of nitrogens with one attached hydrogen (secondary N) is 2. The Kier molecular flexibility index (Phi) is 4.63. The third-order valence-electron chi connectivity index (χ3n) is 2.41. The van der Waals surface area contributed by atoms with E-state index in [1.807, 2.05) is 30.3 Å². The lowest BCUT2D eigenvalue weighted by Gasteiger charge is -2.06. The van der Waals surface area contributed by atoms with Crippen LogP contribution in [0.25, 0.3) is 0 Å². The lowest BCUT2D eigenvalue weighted by Crippen LogP contribution is -2.36. The second kappa shape index (κ2) is 6.65. The maximum Gasteiger partial charge on any atom is 0.271 e. The van der Waals surface area contributed by atoms with E-state index in [1.54, 1.807) is 10.9 Å². The molecule has 0 saturated carbocycles. The van der Waals surface area contributed by atoms with Gasteiger partial charge >= 0.3 is 0 Å². The van der Waals surface area contributed by atoms with Crippen LogP contribution >= 0.6 is 11.3 Å². The van der Waals surface area contributed by atoms with Crippen molar-refractivity contribution < 1.29 is 9.59 Å². The molecular formula is C13H13N3O2S. The van der Waals surface area contributed by atoms with Gasteiger partial charge in [-0.2, -0.15) is 0 Å². The van der Waals surface area contributed by atoms with E-state index < -0.39 is 0 Å². The van der Waals surface area contributed by atoms with Crippen molar-refractivity contribution in [3.8, 4) is 0 Å². The molecule has 0 atom stereocenters. The number of thiazole rings is 1. The Labute approximate surface area is 114 Å². The molecule has 0 bridgehead atoms. The van der Waals surface area contributed by atoms with Crippen molar-refractivity contribution in [3.63, 3.8) is 0 Å². The van der Waals surface area contributed by atoms with Gasteiger partial charge in [-0.15, -0.1) is 11.3 Å². The summed E-state index contributed by atoms with van der Waals surface area (Å²) in [6.07, 6.45) is 0. The Morgan fingerprint density at radius 2 is 1.95 bits per heavy atom. The molecule has 2 N–H and O–H groups in total. The fraction of sp³-hybridized carbons (Fsp3) is 0.154. The van der Waals surface area contributed by atoms with E-state index in [9.17, 15) is 9.59 Å². The molecule has 2 rings (SSSR count). The first kappa shape index (κ1) is 13.2. The standard InChI is InChI=1S/C13H13N3O2S/c17-12(14-6-10-4-2-1-3-5-10)7-15-13(18)11-8-19-9-16-11/h1-5,8-9H,6-7H2,(H,14,17)(H,15,18). The van der Waals surface area contributed by atoms with Crippen LogP contribution in [0.3, 0.4) is 0 Å². The van der Waals surface area contributed by atoms with E-state index >= 15 is 0 Å². The Morgan fingerprint density at radius 1 is 1.16 bits per heavy atom. The fourth-order valence-corrected chi connectivity index (χ4v) is 1.97. The predicted octanol–water partition coefficient (Wildman–Crippen LogP) is 1.19. The summed E-state index contributed by atoms with van der Waals surface area (Å²) >= 11 is 1.34. The normalized spacial score (nSPS) is 9.89. The summed E-state index contributed by atoms with van der Waals surface area (Å²) in [6.45, 7) is 0.398. The molecular weight excluding hydrogens is 262 g/mol. The van der Waals surface area contributed by atoms with Crippen molar-refractivity contribution in [1.29, 1.82) is 0 Å². The third-order valence-corrected chi connectivity index (χ3v) is 2.99. The van der Waals surface area contributed by atoms with E-state index in [1.165, 1.54) is 11.3 Å². The summed E-state index contributed by atoms with van der Waals surface area (Å²) in [5.74, 6) is -0.566. The SMILES string of the molecule is O=C(CNC(=O)c1cscn1)NCc1ccccc1. The zero-order valence-electron chi connectivity index (χ0n) is 10.1. The largest absolute Gasteiger partial charge is 0.350 e. The molecule has 1 aromatic carbocycles. The van der Waals surface area contributed by atoms with E-state index in [-0.39, 0.29) is 18.4 Å². The van der Waals surface area contributed by atoms with Gasteiger partial charge in [-0.05, 0) is 5.56 Å². The first-order valence-electron chi connectivity index (χ1n) is 5.73. The zero-order valence-corrected chi connectivity index (χ0v) is 10.9. The van der Waals surface area contributed by atoms with Gasteiger partial charge in [0.15, 0.2) is 0 Å². The first-order chi connectivity index (χ1) is 9.25. The number of rotatable bonds is 5. The molecule has 2 amide bonds. The molecule has 6 heteroatoms. The van der Waals surface area contributed by atoms with Crippen LogP contribution in [0.2, 0.25) is 0 Å². The van der Waals surface area contributed by atoms with Gasteiger partial charge in [-0.3, -0.25) is 9.59 Å². The fourth-order valence-electron chi connectivity index (χ4n) is 1.43. The van der Waals surface area contributed by atoms with Crippen LogP contribution in [-0.4, -0.2) is 23.3 Å². The lowest BCUT2D eigenvalue weighted by atomic mass is 10.2. The van der Waals surface area contributed by atoms with Crippen molar-refractivity contribution in [3.05, 3.63) is 52.5 Å². The number of benzene rings is 1. The molecule has 0 aliphatic heterocycles. The monoisotopic (exact) mass is 275 g/mol. The highest BCUT2D eigenvalue weighted by atomic mass is 32.1. The zero-order chi connectivity index (χ0) is 13.5. The molecule has 1 heterocycles. The number of carbonyl (C=O) groups excluding carboxylic acids is 2. The summed E-state index contributed by atoms with van der Waals surface area (Å²) in [4.78, 5) is 26.9. The van der Waals surface area contributed by atoms with Crippen LogP contribution in [0.15, 0.2) is 41.2 Å². The van der Waals surface area contributed by atoms with Gasteiger partial charge in [0.1, 0.15) is 5.69 Å². The van der Waals surface area contributed by atoms with Crippen molar-refractivity contribution in [2.75, 3.05) is 6.54 Å². The predicted molar refractivity (Wildman–Crippen MR) is 72.7 cm³/mol. The number of hydrogen-bond donors (Lipinski definition) is 2. The van der Waals surface area contributed by atoms with Gasteiger partial charge in [0.05, 0.1) is 12.1 Å². The number of carbonyl (C=O) groups is 2. The van der Waals surface area contributed by atoms with Crippen molar-refractivity contribution in [1.82, 2.24) is 15.6 Å². The lowest BCUT2D eigenvalue weighted by molar-refractivity contribution is -0.120. The summed E-state index contributed by atoms with van der Waals surface area (Å²) in [6, 6.07) is 9.58. The summed E-state index contributed by atoms with van der Waals surface area (Å²) in [5, 5.41) is 6.88. The summed E-state index contributed by atoms with van der Waals surface area (Å²) < 4.78 is 0. The van der Waals surface area contributed by atoms with E-state index in [0.717, 1.165) is 5.56 Å². The smallest absolute Gasteiger partial charge is 0.271 e. The summed E-state index contributed by atoms with van der Waals surface area (Å²) in [5.41, 5.74) is 2.92. The molecule has 0 aliphatic carbocycles. The van der Waals surface area contributed by atoms with Crippen LogP contribution in [0, 0.1) is 0 Å². The van der Waals surface area contributed by atoms with Gasteiger partial charge < -0.3 is 10.6 Å². The van der Waals surface area contributed by atoms with Gasteiger partial charge in [0, 0.05) is 11.9 Å². The number of nitrogens with zero attached hydrogens (tertiary/aromatic N) is 1. The molecule has 0 unspecified atom stereocenters. The van der Waals surface area contributed by atoms with Crippen LogP contribution in [0.5, 0.6) is 0 Å². The van der Waals surface area contributed by atoms with Crippen LogP contribution in [-0.2, 0) is 11.3 Å². The number of amides is 2. The Balaban J connectivity index is 1.72. The number of aromatic nitrogens is 1. The molecule has 1 aromatic heterocycles. The second-order valence-corrected chi connectivity index (χ2v) is 4.54. The highest BCUT2D eigenvalue weighted by Gasteiger charge is 2.09. The van der Waals surface area contributed by atoms with Gasteiger partial charge in [-0.25, -0.2) is 4.98 Å². The molecule has 98 valence electrons. The van der Waals surface area contributed by atoms with Gasteiger partial charge in [0.2, 0.25) is 5.91 Å². The molecule has 0 saturated heterocycles. The van der Waals surface area contributed by atoms with E-state index in [2.05, 4.69) is 15.6 Å². The maximum absolute atomic E-state index is 11.5. The molecule has 0 spiro atoms. The average Bonchev–Trinajstić information content (AvgIpc) is 2.98. The van der Waals surface area contributed by atoms with E-state index in [4.69, 9.17) is 0 Å². The van der Waals surface area contributed by atoms with Crippen molar-refractivity contribution in [2.45, 2.75) is 6.54 Å². The topological polar surface area (TPSA) is 71.1 Å². The number of hydrogen-bond acceptors (Lipinski definition) is 4. The minimum absolute atomic E-state index is 0.0524. The molecule has 0 aliphatic rings. The Morgan fingerprint density at radius 3 is 2.63 bits per heavy atom. The average molecular weight is 275 g/mol. The van der Waals surface area contributed by atoms with Gasteiger partial charge in [-0.1, -0.05) is 30.3 Å². The summed E-state index contributed by atoms with van der Waals surface area (Å²) in [7, 11) is 0. The molecule has 5 nitrogen and oxygen atoms in total. The Bertz CT molecular complexity index is 540. The highest BCUT2D eigenvalue weighted by molar-refractivity contribution is 7.07. The van der Waals surface area contributed by atoms with Crippen molar-refractivity contribution in [2.24, 2.45) is 0 Å². The maximum atomic E-state index is 11.5. The first-order valence-corrected chi connectivity index (χ1v) is 6.67. The minimum Gasteiger partial charge on any atom is -0.350 e. The van der Waals surface area contributed by atoms with E-state index in [0.29, 0.717) is 12.2 Å². The molecule has 0 radical (unpaired) electrons. The van der Waals surface area contributed by atoms with Gasteiger partial charge in [0.25, 0.3) is 5.91 Å².